The minimum atomic E-state index is -2.83. The van der Waals surface area contributed by atoms with Crippen molar-refractivity contribution in [2.75, 3.05) is 0 Å². The second-order valence-corrected chi connectivity index (χ2v) is 3.12. The van der Waals surface area contributed by atoms with Crippen LogP contribution in [0.3, 0.4) is 0 Å². The van der Waals surface area contributed by atoms with Gasteiger partial charge in [-0.1, -0.05) is 0 Å². The number of alkyl halides is 3. The number of hydrogen-bond acceptors (Lipinski definition) is 3. The molecule has 0 spiro atoms. The first-order valence-electron chi connectivity index (χ1n) is 3.96. The normalized spacial score (nSPS) is 10.7. The van der Waals surface area contributed by atoms with Crippen LogP contribution >= 0.6 is 11.6 Å². The van der Waals surface area contributed by atoms with Gasteiger partial charge in [0, 0.05) is 0 Å². The predicted octanol–water partition coefficient (Wildman–Crippen LogP) is 2.97. The summed E-state index contributed by atoms with van der Waals surface area (Å²) in [5.41, 5.74) is -0.0823. The average molecular weight is 237 g/mol. The van der Waals surface area contributed by atoms with Crippen LogP contribution in [0.1, 0.15) is 23.2 Å². The molecule has 0 bridgehead atoms. The van der Waals surface area contributed by atoms with Gasteiger partial charge in [-0.3, -0.25) is 0 Å². The second-order valence-electron chi connectivity index (χ2n) is 2.86. The van der Waals surface area contributed by atoms with Crippen LogP contribution in [0, 0.1) is 17.0 Å². The Morgan fingerprint density at radius 2 is 2.27 bits per heavy atom. The zero-order valence-corrected chi connectivity index (χ0v) is 8.46. The van der Waals surface area contributed by atoms with Crippen LogP contribution < -0.4 is 0 Å². The Bertz CT molecular complexity index is 398. The Labute approximate surface area is 89.0 Å². The van der Waals surface area contributed by atoms with Gasteiger partial charge in [0.25, 0.3) is 0 Å². The van der Waals surface area contributed by atoms with Gasteiger partial charge < -0.3 is 10.1 Å². The highest BCUT2D eigenvalue weighted by Crippen LogP contribution is 2.26. The van der Waals surface area contributed by atoms with Gasteiger partial charge in [0.05, 0.1) is 11.4 Å². The number of nitrogens with zero attached hydrogens (tertiary/aromatic N) is 2. The highest BCUT2D eigenvalue weighted by molar-refractivity contribution is 6.17. The lowest BCUT2D eigenvalue weighted by Crippen LogP contribution is -2.03. The highest BCUT2D eigenvalue weighted by Gasteiger charge is 2.24. The van der Waals surface area contributed by atoms with Gasteiger partial charge in [-0.15, -0.1) is 11.6 Å². The molecule has 1 aromatic heterocycles. The van der Waals surface area contributed by atoms with E-state index in [1.165, 1.54) is 6.92 Å². The molecule has 0 aliphatic heterocycles. The van der Waals surface area contributed by atoms with E-state index in [0.29, 0.717) is 5.56 Å². The molecule has 0 N–H and O–H groups in total. The molecule has 1 heterocycles. The van der Waals surface area contributed by atoms with Gasteiger partial charge in [0.1, 0.15) is 0 Å². The molecule has 0 atom stereocenters. The van der Waals surface area contributed by atoms with Gasteiger partial charge in [-0.2, -0.15) is 0 Å². The monoisotopic (exact) mass is 236 g/mol. The molecule has 0 amide bonds. The largest absolute Gasteiger partial charge is 0.368 e. The maximum atomic E-state index is 12.3. The number of rotatable bonds is 3. The van der Waals surface area contributed by atoms with Crippen molar-refractivity contribution in [1.29, 1.82) is 0 Å². The maximum absolute atomic E-state index is 12.3. The zero-order valence-electron chi connectivity index (χ0n) is 7.71. The Hall–Kier alpha value is -1.30. The quantitative estimate of drug-likeness (QED) is 0.461. The molecular weight excluding hydrogens is 230 g/mol. The molecule has 1 aromatic rings. The summed E-state index contributed by atoms with van der Waals surface area (Å²) in [5.74, 6) is -0.723. The fraction of sp³-hybridized carbons (Fsp3) is 0.375. The van der Waals surface area contributed by atoms with E-state index >= 15 is 0 Å². The zero-order chi connectivity index (χ0) is 11.6. The van der Waals surface area contributed by atoms with Crippen molar-refractivity contribution in [2.45, 2.75) is 19.2 Å². The molecule has 82 valence electrons. The van der Waals surface area contributed by atoms with Gasteiger partial charge in [-0.25, -0.2) is 8.78 Å². The van der Waals surface area contributed by atoms with Crippen molar-refractivity contribution in [3.63, 3.8) is 0 Å². The van der Waals surface area contributed by atoms with Gasteiger partial charge >= 0.3 is 12.2 Å². The minimum absolute atomic E-state index is 0.126. The summed E-state index contributed by atoms with van der Waals surface area (Å²) in [7, 11) is 0. The Balaban J connectivity index is 3.38. The van der Waals surface area contributed by atoms with Crippen molar-refractivity contribution < 1.29 is 13.7 Å². The second kappa shape index (κ2) is 4.48. The molecule has 0 aliphatic rings. The van der Waals surface area contributed by atoms with E-state index < -0.39 is 22.9 Å². The first kappa shape index (κ1) is 11.8. The molecule has 0 aromatic carbocycles. The van der Waals surface area contributed by atoms with Crippen molar-refractivity contribution in [3.8, 4) is 0 Å². The predicted molar refractivity (Wildman–Crippen MR) is 50.1 cm³/mol. The summed E-state index contributed by atoms with van der Waals surface area (Å²) < 4.78 is 24.6. The van der Waals surface area contributed by atoms with E-state index in [1.807, 2.05) is 0 Å². The molecular formula is C8H7ClF2N2O2. The van der Waals surface area contributed by atoms with Crippen LogP contribution in [0.25, 0.3) is 0 Å². The van der Waals surface area contributed by atoms with Crippen LogP contribution in [0.4, 0.5) is 14.6 Å². The minimum Gasteiger partial charge on any atom is -0.358 e. The summed E-state index contributed by atoms with van der Waals surface area (Å²) in [4.78, 5) is 13.0. The SMILES string of the molecule is Cc1cc(C(F)F)nc([N+](=O)[O-])c1CCl. The summed E-state index contributed by atoms with van der Waals surface area (Å²) in [6, 6.07) is 1.11. The van der Waals surface area contributed by atoms with Crippen LogP contribution in [-0.4, -0.2) is 9.91 Å². The van der Waals surface area contributed by atoms with Crippen LogP contribution in [0.2, 0.25) is 0 Å². The third-order valence-electron chi connectivity index (χ3n) is 1.88. The standard InChI is InChI=1S/C8H7ClF2N2O2/c1-4-2-6(7(10)11)12-8(13(14)15)5(4)3-9/h2,7H,3H2,1H3. The lowest BCUT2D eigenvalue weighted by Gasteiger charge is -2.04. The Morgan fingerprint density at radius 3 is 2.67 bits per heavy atom. The van der Waals surface area contributed by atoms with E-state index in [9.17, 15) is 18.9 Å². The first-order chi connectivity index (χ1) is 6.97. The fourth-order valence-electron chi connectivity index (χ4n) is 1.14. The summed E-state index contributed by atoms with van der Waals surface area (Å²) in [6.07, 6.45) is -2.83. The molecule has 0 radical (unpaired) electrons. The molecule has 0 fully saturated rings. The number of nitro groups is 1. The topological polar surface area (TPSA) is 56.0 Å². The van der Waals surface area contributed by atoms with E-state index in [-0.39, 0.29) is 11.4 Å². The molecule has 7 heteroatoms. The molecule has 1 rings (SSSR count). The van der Waals surface area contributed by atoms with Crippen LogP contribution in [-0.2, 0) is 5.88 Å². The van der Waals surface area contributed by atoms with Crippen LogP contribution in [0.5, 0.6) is 0 Å². The van der Waals surface area contributed by atoms with Crippen LogP contribution in [0.15, 0.2) is 6.07 Å². The van der Waals surface area contributed by atoms with Crippen molar-refractivity contribution in [3.05, 3.63) is 33.0 Å². The highest BCUT2D eigenvalue weighted by atomic mass is 35.5. The molecule has 0 unspecified atom stereocenters. The van der Waals surface area contributed by atoms with Gasteiger partial charge in [0.2, 0.25) is 5.69 Å². The van der Waals surface area contributed by atoms with E-state index in [4.69, 9.17) is 11.6 Å². The number of aromatic nitrogens is 1. The average Bonchev–Trinajstić information content (AvgIpc) is 2.16. The fourth-order valence-corrected chi connectivity index (χ4v) is 1.47. The number of aryl methyl sites for hydroxylation is 1. The lowest BCUT2D eigenvalue weighted by atomic mass is 10.1. The smallest absolute Gasteiger partial charge is 0.358 e. The van der Waals surface area contributed by atoms with Gasteiger partial charge in [-0.05, 0) is 28.5 Å². The Morgan fingerprint density at radius 1 is 1.67 bits per heavy atom. The van der Waals surface area contributed by atoms with Crippen molar-refractivity contribution in [2.24, 2.45) is 0 Å². The molecule has 0 saturated heterocycles. The van der Waals surface area contributed by atoms with Gasteiger partial charge in [0.15, 0.2) is 0 Å². The molecule has 0 saturated carbocycles. The Kier molecular flexibility index (Phi) is 3.52. The van der Waals surface area contributed by atoms with Crippen molar-refractivity contribution >= 4 is 17.4 Å². The number of hydrogen-bond donors (Lipinski definition) is 0. The molecule has 0 aliphatic carbocycles. The third-order valence-corrected chi connectivity index (χ3v) is 2.14. The first-order valence-corrected chi connectivity index (χ1v) is 4.49. The molecule has 4 nitrogen and oxygen atoms in total. The summed E-state index contributed by atoms with van der Waals surface area (Å²) >= 11 is 5.48. The summed E-state index contributed by atoms with van der Waals surface area (Å²) in [6.45, 7) is 1.48. The summed E-state index contributed by atoms with van der Waals surface area (Å²) in [5, 5.41) is 10.5. The number of pyridine rings is 1. The third kappa shape index (κ3) is 2.38. The maximum Gasteiger partial charge on any atom is 0.368 e. The number of halogens is 3. The van der Waals surface area contributed by atoms with E-state index in [0.717, 1.165) is 6.07 Å². The van der Waals surface area contributed by atoms with E-state index in [1.54, 1.807) is 0 Å². The molecule has 15 heavy (non-hydrogen) atoms. The van der Waals surface area contributed by atoms with Crippen molar-refractivity contribution in [1.82, 2.24) is 4.98 Å². The lowest BCUT2D eigenvalue weighted by molar-refractivity contribution is -0.390. The van der Waals surface area contributed by atoms with E-state index in [2.05, 4.69) is 4.98 Å².